The van der Waals surface area contributed by atoms with Gasteiger partial charge in [0, 0.05) is 44.4 Å². The number of nitrogens with one attached hydrogen (secondary N) is 1. The van der Waals surface area contributed by atoms with Gasteiger partial charge in [0.15, 0.2) is 0 Å². The lowest BCUT2D eigenvalue weighted by Gasteiger charge is -2.24. The SMILES string of the molecule is COCCCN(Cc1cccn1Cc1cccc(C(F)(F)F)c1)C(=O)Nc1ccc(C)cc1C. The Kier molecular flexibility index (Phi) is 8.39. The predicted molar refractivity (Wildman–Crippen MR) is 127 cm³/mol. The number of alkyl halides is 3. The van der Waals surface area contributed by atoms with E-state index >= 15 is 0 Å². The van der Waals surface area contributed by atoms with Gasteiger partial charge in [0.2, 0.25) is 0 Å². The number of benzene rings is 2. The summed E-state index contributed by atoms with van der Waals surface area (Å²) < 4.78 is 46.3. The Morgan fingerprint density at radius 2 is 1.88 bits per heavy atom. The van der Waals surface area contributed by atoms with E-state index in [9.17, 15) is 18.0 Å². The van der Waals surface area contributed by atoms with Crippen molar-refractivity contribution in [2.24, 2.45) is 0 Å². The first-order valence-electron chi connectivity index (χ1n) is 11.1. The van der Waals surface area contributed by atoms with Crippen LogP contribution in [0.4, 0.5) is 23.7 Å². The van der Waals surface area contributed by atoms with Gasteiger partial charge < -0.3 is 19.5 Å². The summed E-state index contributed by atoms with van der Waals surface area (Å²) in [5, 5.41) is 2.98. The lowest BCUT2D eigenvalue weighted by atomic mass is 10.1. The van der Waals surface area contributed by atoms with Gasteiger partial charge in [-0.1, -0.05) is 29.8 Å². The van der Waals surface area contributed by atoms with Crippen LogP contribution in [0.15, 0.2) is 60.8 Å². The molecule has 0 aliphatic rings. The monoisotopic (exact) mass is 473 g/mol. The van der Waals surface area contributed by atoms with Gasteiger partial charge in [0.1, 0.15) is 0 Å². The van der Waals surface area contributed by atoms with E-state index < -0.39 is 11.7 Å². The van der Waals surface area contributed by atoms with Crippen molar-refractivity contribution in [1.82, 2.24) is 9.47 Å². The van der Waals surface area contributed by atoms with Gasteiger partial charge in [-0.3, -0.25) is 0 Å². The van der Waals surface area contributed by atoms with Gasteiger partial charge in [-0.15, -0.1) is 0 Å². The van der Waals surface area contributed by atoms with Crippen LogP contribution < -0.4 is 5.32 Å². The molecule has 8 heteroatoms. The summed E-state index contributed by atoms with van der Waals surface area (Å²) in [6.07, 6.45) is -1.92. The standard InChI is InChI=1S/C26H30F3N3O2/c1-19-10-11-24(20(2)15-19)30-25(33)32(13-6-14-34-3)18-23-9-5-12-31(23)17-21-7-4-8-22(16-21)26(27,28)29/h4-5,7-12,15-16H,6,13-14,17-18H2,1-3H3,(H,30,33). The molecular formula is C26H30F3N3O2. The summed E-state index contributed by atoms with van der Waals surface area (Å²) in [7, 11) is 1.61. The topological polar surface area (TPSA) is 46.5 Å². The largest absolute Gasteiger partial charge is 0.416 e. The third-order valence-corrected chi connectivity index (χ3v) is 5.57. The molecule has 5 nitrogen and oxygen atoms in total. The van der Waals surface area contributed by atoms with Gasteiger partial charge in [-0.25, -0.2) is 4.79 Å². The molecule has 0 spiro atoms. The number of carbonyl (C=O) groups is 1. The first kappa shape index (κ1) is 25.4. The quantitative estimate of drug-likeness (QED) is 0.374. The van der Waals surface area contributed by atoms with Crippen molar-refractivity contribution in [1.29, 1.82) is 0 Å². The van der Waals surface area contributed by atoms with Crippen LogP contribution in [0.3, 0.4) is 0 Å². The number of anilines is 1. The molecule has 0 bridgehead atoms. The van der Waals surface area contributed by atoms with E-state index in [4.69, 9.17) is 4.74 Å². The van der Waals surface area contributed by atoms with Gasteiger partial charge in [-0.2, -0.15) is 13.2 Å². The Balaban J connectivity index is 1.77. The molecule has 2 aromatic carbocycles. The number of aromatic nitrogens is 1. The minimum Gasteiger partial charge on any atom is -0.385 e. The van der Waals surface area contributed by atoms with Crippen molar-refractivity contribution >= 4 is 11.7 Å². The maximum Gasteiger partial charge on any atom is 0.416 e. The average molecular weight is 474 g/mol. The van der Waals surface area contributed by atoms with Crippen LogP contribution in [0.1, 0.15) is 34.4 Å². The highest BCUT2D eigenvalue weighted by atomic mass is 19.4. The van der Waals surface area contributed by atoms with Crippen molar-refractivity contribution in [3.8, 4) is 0 Å². The van der Waals surface area contributed by atoms with Crippen LogP contribution in [-0.4, -0.2) is 35.8 Å². The highest BCUT2D eigenvalue weighted by Crippen LogP contribution is 2.29. The van der Waals surface area contributed by atoms with E-state index in [1.807, 2.05) is 54.9 Å². The Morgan fingerprint density at radius 1 is 1.09 bits per heavy atom. The van der Waals surface area contributed by atoms with Crippen LogP contribution in [0.25, 0.3) is 0 Å². The maximum atomic E-state index is 13.1. The Labute approximate surface area is 198 Å². The van der Waals surface area contributed by atoms with E-state index in [1.165, 1.54) is 6.07 Å². The van der Waals surface area contributed by atoms with Crippen LogP contribution in [0.2, 0.25) is 0 Å². The highest BCUT2D eigenvalue weighted by Gasteiger charge is 2.30. The number of hydrogen-bond acceptors (Lipinski definition) is 2. The molecule has 0 saturated heterocycles. The van der Waals surface area contributed by atoms with Crippen molar-refractivity contribution in [2.45, 2.75) is 39.5 Å². The molecule has 182 valence electrons. The molecule has 0 saturated carbocycles. The molecule has 0 aliphatic carbocycles. The number of carbonyl (C=O) groups excluding carboxylic acids is 1. The molecule has 0 atom stereocenters. The predicted octanol–water partition coefficient (Wildman–Crippen LogP) is 6.24. The lowest BCUT2D eigenvalue weighted by Crippen LogP contribution is -2.36. The summed E-state index contributed by atoms with van der Waals surface area (Å²) in [6.45, 7) is 5.51. The van der Waals surface area contributed by atoms with Crippen molar-refractivity contribution in [2.75, 3.05) is 25.6 Å². The molecule has 1 aromatic heterocycles. The molecule has 34 heavy (non-hydrogen) atoms. The lowest BCUT2D eigenvalue weighted by molar-refractivity contribution is -0.137. The zero-order valence-corrected chi connectivity index (χ0v) is 19.7. The van der Waals surface area contributed by atoms with Gasteiger partial charge in [-0.05, 0) is 61.7 Å². The number of hydrogen-bond donors (Lipinski definition) is 1. The first-order valence-corrected chi connectivity index (χ1v) is 11.1. The molecule has 0 fully saturated rings. The van der Waals surface area contributed by atoms with Crippen molar-refractivity contribution < 1.29 is 22.7 Å². The normalized spacial score (nSPS) is 11.5. The van der Waals surface area contributed by atoms with Gasteiger partial charge in [0.05, 0.1) is 12.1 Å². The average Bonchev–Trinajstić information content (AvgIpc) is 3.21. The smallest absolute Gasteiger partial charge is 0.385 e. The number of amides is 2. The molecule has 0 radical (unpaired) electrons. The summed E-state index contributed by atoms with van der Waals surface area (Å²) in [4.78, 5) is 14.8. The van der Waals surface area contributed by atoms with Crippen LogP contribution in [0.5, 0.6) is 0 Å². The van der Waals surface area contributed by atoms with Crippen molar-refractivity contribution in [3.63, 3.8) is 0 Å². The number of aryl methyl sites for hydroxylation is 2. The fourth-order valence-corrected chi connectivity index (χ4v) is 3.79. The fraction of sp³-hybridized carbons (Fsp3) is 0.346. The number of urea groups is 1. The minimum absolute atomic E-state index is 0.241. The second kappa shape index (κ2) is 11.2. The number of methoxy groups -OCH3 is 1. The molecule has 1 N–H and O–H groups in total. The van der Waals surface area contributed by atoms with E-state index in [2.05, 4.69) is 5.32 Å². The Bertz CT molecular complexity index is 1110. The van der Waals surface area contributed by atoms with Crippen LogP contribution >= 0.6 is 0 Å². The number of nitrogens with zero attached hydrogens (tertiary/aromatic N) is 2. The van der Waals surface area contributed by atoms with E-state index in [1.54, 1.807) is 18.1 Å². The minimum atomic E-state index is -4.39. The van der Waals surface area contributed by atoms with E-state index in [-0.39, 0.29) is 12.6 Å². The maximum absolute atomic E-state index is 13.1. The number of rotatable bonds is 9. The Hall–Kier alpha value is -3.26. The molecular weight excluding hydrogens is 443 g/mol. The molecule has 1 heterocycles. The van der Waals surface area contributed by atoms with Crippen LogP contribution in [-0.2, 0) is 24.0 Å². The van der Waals surface area contributed by atoms with Crippen molar-refractivity contribution in [3.05, 3.63) is 88.7 Å². The zero-order chi connectivity index (χ0) is 24.7. The summed E-state index contributed by atoms with van der Waals surface area (Å²) >= 11 is 0. The second-order valence-corrected chi connectivity index (χ2v) is 8.34. The molecule has 0 unspecified atom stereocenters. The number of halogens is 3. The highest BCUT2D eigenvalue weighted by molar-refractivity contribution is 5.90. The summed E-state index contributed by atoms with van der Waals surface area (Å²) in [5.41, 5.74) is 3.51. The summed E-state index contributed by atoms with van der Waals surface area (Å²) in [5.74, 6) is 0. The van der Waals surface area contributed by atoms with Crippen LogP contribution in [0, 0.1) is 13.8 Å². The fourth-order valence-electron chi connectivity index (χ4n) is 3.79. The Morgan fingerprint density at radius 3 is 2.59 bits per heavy atom. The van der Waals surface area contributed by atoms with Gasteiger partial charge >= 0.3 is 12.2 Å². The van der Waals surface area contributed by atoms with Gasteiger partial charge in [0.25, 0.3) is 0 Å². The van der Waals surface area contributed by atoms with E-state index in [0.29, 0.717) is 31.7 Å². The molecule has 0 aliphatic heterocycles. The third-order valence-electron chi connectivity index (χ3n) is 5.57. The molecule has 3 rings (SSSR count). The second-order valence-electron chi connectivity index (χ2n) is 8.34. The third kappa shape index (κ3) is 6.87. The first-order chi connectivity index (χ1) is 16.2. The molecule has 3 aromatic rings. The summed E-state index contributed by atoms with van der Waals surface area (Å²) in [6, 6.07) is 14.6. The zero-order valence-electron chi connectivity index (χ0n) is 19.7. The van der Waals surface area contributed by atoms with E-state index in [0.717, 1.165) is 34.6 Å². The molecule has 2 amide bonds. The number of ether oxygens (including phenoxy) is 1.